The maximum atomic E-state index is 5.94. The van der Waals surface area contributed by atoms with Crippen LogP contribution in [0.4, 0.5) is 0 Å². The zero-order valence-electron chi connectivity index (χ0n) is 7.03. The Morgan fingerprint density at radius 2 is 1.25 bits per heavy atom. The summed E-state index contributed by atoms with van der Waals surface area (Å²) in [7, 11) is 0. The molecule has 0 radical (unpaired) electrons. The summed E-state index contributed by atoms with van der Waals surface area (Å²) in [6.45, 7) is 4.34. The van der Waals surface area contributed by atoms with Gasteiger partial charge < -0.3 is 4.74 Å². The van der Waals surface area contributed by atoms with Gasteiger partial charge in [0.2, 0.25) is 0 Å². The minimum atomic E-state index is 0. The Bertz CT molecular complexity index is 191. The van der Waals surface area contributed by atoms with Crippen LogP contribution in [0.5, 0.6) is 0 Å². The predicted molar refractivity (Wildman–Crippen MR) is 47.7 cm³/mol. The molecule has 68 valence electrons. The Labute approximate surface area is 74.5 Å². The van der Waals surface area contributed by atoms with Gasteiger partial charge in [-0.15, -0.1) is 0 Å². The molecule has 0 amide bonds. The van der Waals surface area contributed by atoms with Crippen molar-refractivity contribution >= 4 is 0 Å². The lowest BCUT2D eigenvalue weighted by Crippen LogP contribution is -2.19. The van der Waals surface area contributed by atoms with E-state index in [1.54, 1.807) is 0 Å². The first-order valence-corrected chi connectivity index (χ1v) is 4.96. The summed E-state index contributed by atoms with van der Waals surface area (Å²) in [5, 5.41) is 0. The van der Waals surface area contributed by atoms with E-state index in [-0.39, 0.29) is 7.43 Å². The van der Waals surface area contributed by atoms with Crippen molar-refractivity contribution in [3.63, 3.8) is 0 Å². The van der Waals surface area contributed by atoms with Crippen molar-refractivity contribution in [3.05, 3.63) is 0 Å². The molecule has 0 heterocycles. The van der Waals surface area contributed by atoms with Gasteiger partial charge in [-0.1, -0.05) is 7.43 Å². The zero-order chi connectivity index (χ0) is 7.33. The summed E-state index contributed by atoms with van der Waals surface area (Å²) in [4.78, 5) is 0. The van der Waals surface area contributed by atoms with Crippen molar-refractivity contribution in [2.45, 2.75) is 33.5 Å². The average molecular weight is 166 g/mol. The third-order valence-corrected chi connectivity index (χ3v) is 4.46. The highest BCUT2D eigenvalue weighted by molar-refractivity contribution is 5.38. The first-order chi connectivity index (χ1) is 5.30. The fraction of sp³-hybridized carbons (Fsp3) is 1.00. The molecule has 5 fully saturated rings. The van der Waals surface area contributed by atoms with Gasteiger partial charge in [-0.25, -0.2) is 0 Å². The van der Waals surface area contributed by atoms with Crippen molar-refractivity contribution in [3.8, 4) is 0 Å². The van der Waals surface area contributed by atoms with Gasteiger partial charge >= 0.3 is 0 Å². The summed E-state index contributed by atoms with van der Waals surface area (Å²) < 4.78 is 5.94. The molecule has 5 rings (SSSR count). The van der Waals surface area contributed by atoms with Crippen molar-refractivity contribution in [2.24, 2.45) is 35.5 Å². The zero-order valence-corrected chi connectivity index (χ0v) is 7.03. The van der Waals surface area contributed by atoms with Crippen LogP contribution in [0.2, 0.25) is 0 Å². The molecule has 0 spiro atoms. The molecule has 0 aromatic carbocycles. The van der Waals surface area contributed by atoms with Crippen molar-refractivity contribution in [1.82, 2.24) is 0 Å². The van der Waals surface area contributed by atoms with Crippen LogP contribution < -0.4 is 0 Å². The Hall–Kier alpha value is -0.0400. The highest BCUT2D eigenvalue weighted by Gasteiger charge is 2.92. The average Bonchev–Trinajstić information content (AvgIpc) is 2.55. The van der Waals surface area contributed by atoms with E-state index in [0.717, 1.165) is 35.5 Å². The second kappa shape index (κ2) is 1.75. The Kier molecular flexibility index (Phi) is 1.07. The van der Waals surface area contributed by atoms with Gasteiger partial charge in [-0.2, -0.15) is 0 Å². The van der Waals surface area contributed by atoms with Crippen LogP contribution in [-0.2, 0) is 4.74 Å². The molecule has 5 aliphatic rings. The molecule has 5 saturated carbocycles. The van der Waals surface area contributed by atoms with Crippen molar-refractivity contribution < 1.29 is 4.74 Å². The fourth-order valence-corrected chi connectivity index (χ4v) is 4.31. The summed E-state index contributed by atoms with van der Waals surface area (Å²) in [6.07, 6.45) is 1.17. The van der Waals surface area contributed by atoms with E-state index in [0.29, 0.717) is 12.2 Å². The molecule has 5 aliphatic carbocycles. The van der Waals surface area contributed by atoms with Gasteiger partial charge in [0.05, 0.1) is 12.2 Å². The highest BCUT2D eigenvalue weighted by atomic mass is 16.5. The monoisotopic (exact) mass is 166 g/mol. The second-order valence-electron chi connectivity index (χ2n) is 5.11. The first-order valence-electron chi connectivity index (χ1n) is 4.96. The normalized spacial score (nSPS) is 66.8. The summed E-state index contributed by atoms with van der Waals surface area (Å²) in [5.74, 6) is 6.72. The smallest absolute Gasteiger partial charge is 0.0646 e. The van der Waals surface area contributed by atoms with Gasteiger partial charge in [0.15, 0.2) is 0 Å². The van der Waals surface area contributed by atoms with E-state index in [4.69, 9.17) is 4.74 Å². The van der Waals surface area contributed by atoms with Crippen LogP contribution in [0.25, 0.3) is 0 Å². The molecule has 12 heavy (non-hydrogen) atoms. The molecule has 0 N–H and O–H groups in total. The minimum absolute atomic E-state index is 0. The van der Waals surface area contributed by atoms with E-state index in [9.17, 15) is 0 Å². The maximum Gasteiger partial charge on any atom is 0.0646 e. The lowest BCUT2D eigenvalue weighted by molar-refractivity contribution is -0.00611. The number of ether oxygens (including phenoxy) is 1. The van der Waals surface area contributed by atoms with E-state index in [2.05, 4.69) is 13.8 Å². The molecule has 0 aliphatic heterocycles. The number of rotatable bonds is 2. The number of hydrogen-bond acceptors (Lipinski definition) is 1. The molecule has 1 nitrogen and oxygen atoms in total. The minimum Gasteiger partial charge on any atom is -0.375 e. The van der Waals surface area contributed by atoms with Gasteiger partial charge in [-0.05, 0) is 49.4 Å². The van der Waals surface area contributed by atoms with Crippen molar-refractivity contribution in [2.75, 3.05) is 0 Å². The molecular weight excluding hydrogens is 148 g/mol. The summed E-state index contributed by atoms with van der Waals surface area (Å²) in [6, 6.07) is 0. The van der Waals surface area contributed by atoms with Crippen LogP contribution in [0.15, 0.2) is 0 Å². The summed E-state index contributed by atoms with van der Waals surface area (Å²) >= 11 is 0. The predicted octanol–water partition coefficient (Wildman–Crippen LogP) is 2.17. The SMILES string of the molecule is C.CC(C)OC1C2C3C2C2C1C32. The van der Waals surface area contributed by atoms with Gasteiger partial charge in [0.25, 0.3) is 0 Å². The van der Waals surface area contributed by atoms with Crippen LogP contribution >= 0.6 is 0 Å². The molecular formula is C11H18O. The van der Waals surface area contributed by atoms with Crippen LogP contribution in [0.1, 0.15) is 21.3 Å². The molecule has 1 heteroatoms. The van der Waals surface area contributed by atoms with Crippen LogP contribution in [0, 0.1) is 35.5 Å². The fourth-order valence-electron chi connectivity index (χ4n) is 4.31. The summed E-state index contributed by atoms with van der Waals surface area (Å²) in [5.41, 5.74) is 0. The Morgan fingerprint density at radius 1 is 0.833 bits per heavy atom. The lowest BCUT2D eigenvalue weighted by atomic mass is 10.0. The highest BCUT2D eigenvalue weighted by Crippen LogP contribution is 2.92. The molecule has 0 saturated heterocycles. The molecule has 0 aromatic rings. The first kappa shape index (κ1) is 7.37. The van der Waals surface area contributed by atoms with E-state index in [1.807, 2.05) is 0 Å². The van der Waals surface area contributed by atoms with Gasteiger partial charge in [0.1, 0.15) is 0 Å². The quantitative estimate of drug-likeness (QED) is 0.611. The third kappa shape index (κ3) is 0.501. The van der Waals surface area contributed by atoms with E-state index in [1.165, 1.54) is 0 Å². The Balaban J connectivity index is 0.000000490. The third-order valence-electron chi connectivity index (χ3n) is 4.46. The largest absolute Gasteiger partial charge is 0.375 e. The van der Waals surface area contributed by atoms with Crippen LogP contribution in [0.3, 0.4) is 0 Å². The Morgan fingerprint density at radius 3 is 1.58 bits per heavy atom. The van der Waals surface area contributed by atoms with Gasteiger partial charge in [-0.3, -0.25) is 0 Å². The standard InChI is InChI=1S/C10H14O.CH4/c1-3(2)11-10-8-4-5(8)7-6(4)9(7)10;/h3-10H,1-2H3;1H4. The second-order valence-corrected chi connectivity index (χ2v) is 5.11. The maximum absolute atomic E-state index is 5.94. The van der Waals surface area contributed by atoms with E-state index < -0.39 is 0 Å². The molecule has 2 bridgehead atoms. The number of hydrogen-bond donors (Lipinski definition) is 0. The van der Waals surface area contributed by atoms with E-state index >= 15 is 0 Å². The van der Waals surface area contributed by atoms with Crippen molar-refractivity contribution in [1.29, 1.82) is 0 Å². The molecule has 0 unspecified atom stereocenters. The molecule has 0 aromatic heterocycles. The topological polar surface area (TPSA) is 9.23 Å². The van der Waals surface area contributed by atoms with Crippen LogP contribution in [-0.4, -0.2) is 12.2 Å². The molecule has 0 atom stereocenters. The van der Waals surface area contributed by atoms with Gasteiger partial charge in [0, 0.05) is 0 Å². The lowest BCUT2D eigenvalue weighted by Gasteiger charge is -2.15.